The maximum absolute atomic E-state index is 12.6. The van der Waals surface area contributed by atoms with Crippen molar-refractivity contribution in [3.63, 3.8) is 0 Å². The van der Waals surface area contributed by atoms with E-state index in [0.29, 0.717) is 6.42 Å². The zero-order valence-corrected chi connectivity index (χ0v) is 22.3. The van der Waals surface area contributed by atoms with Crippen molar-refractivity contribution in [1.82, 2.24) is 14.2 Å². The summed E-state index contributed by atoms with van der Waals surface area (Å²) in [6.45, 7) is 10.3. The molecule has 0 amide bonds. The van der Waals surface area contributed by atoms with Crippen LogP contribution in [-0.4, -0.2) is 64.6 Å². The van der Waals surface area contributed by atoms with Gasteiger partial charge < -0.3 is 23.3 Å². The summed E-state index contributed by atoms with van der Waals surface area (Å²) < 4.78 is 33.6. The second-order valence-corrected chi connectivity index (χ2v) is 10.1. The van der Waals surface area contributed by atoms with Gasteiger partial charge in [-0.15, -0.1) is 0 Å². The quantitative estimate of drug-likeness (QED) is 0.205. The van der Waals surface area contributed by atoms with E-state index >= 15 is 0 Å². The van der Waals surface area contributed by atoms with E-state index in [1.165, 1.54) is 16.8 Å². The lowest BCUT2D eigenvalue weighted by Crippen LogP contribution is -2.42. The van der Waals surface area contributed by atoms with Crippen molar-refractivity contribution in [3.05, 3.63) is 33.1 Å². The number of aromatic amines is 1. The van der Waals surface area contributed by atoms with Crippen LogP contribution in [0.4, 0.5) is 0 Å². The van der Waals surface area contributed by atoms with Crippen molar-refractivity contribution in [2.24, 2.45) is 0 Å². The van der Waals surface area contributed by atoms with Crippen molar-refractivity contribution >= 4 is 8.53 Å². The molecule has 0 spiro atoms. The topological polar surface area (TPSA) is 152 Å². The Morgan fingerprint density at radius 1 is 1.14 bits per heavy atom. The smallest absolute Gasteiger partial charge is 0.330 e. The molecule has 1 N–H and O–H groups in total. The summed E-state index contributed by atoms with van der Waals surface area (Å²) in [5.41, 5.74) is -1.16. The lowest BCUT2D eigenvalue weighted by Gasteiger charge is -2.38. The van der Waals surface area contributed by atoms with Crippen LogP contribution in [0.25, 0.3) is 0 Å². The number of nitrogens with one attached hydrogen (secondary N) is 1. The zero-order valence-electron chi connectivity index (χ0n) is 21.5. The van der Waals surface area contributed by atoms with E-state index in [1.54, 1.807) is 0 Å². The molecule has 1 aliphatic heterocycles. The molecule has 1 aliphatic rings. The van der Waals surface area contributed by atoms with Gasteiger partial charge >= 0.3 is 5.69 Å². The summed E-state index contributed by atoms with van der Waals surface area (Å²) >= 11 is 0. The van der Waals surface area contributed by atoms with Crippen LogP contribution in [0.15, 0.2) is 21.9 Å². The monoisotopic (exact) mass is 525 g/mol. The first-order valence-corrected chi connectivity index (χ1v) is 13.2. The Labute approximate surface area is 212 Å². The molecule has 1 saturated heterocycles. The predicted octanol–water partition coefficient (Wildman–Crippen LogP) is 2.78. The van der Waals surface area contributed by atoms with Crippen LogP contribution in [-0.2, 0) is 23.3 Å². The first-order valence-electron chi connectivity index (χ1n) is 12.0. The third kappa shape index (κ3) is 8.19. The van der Waals surface area contributed by atoms with Crippen LogP contribution in [0.2, 0.25) is 0 Å². The molecule has 2 rings (SSSR count). The largest absolute Gasteiger partial charge is 0.354 e. The fourth-order valence-corrected chi connectivity index (χ4v) is 5.66. The minimum absolute atomic E-state index is 0.0897. The number of rotatable bonds is 15. The van der Waals surface area contributed by atoms with Crippen LogP contribution in [0, 0.1) is 22.7 Å². The average molecular weight is 526 g/mol. The molecular weight excluding hydrogens is 489 g/mol. The van der Waals surface area contributed by atoms with Gasteiger partial charge in [0, 0.05) is 24.3 Å². The normalized spacial score (nSPS) is 22.7. The van der Waals surface area contributed by atoms with Crippen molar-refractivity contribution in [1.29, 1.82) is 10.5 Å². The van der Waals surface area contributed by atoms with E-state index in [9.17, 15) is 9.59 Å². The molecule has 0 aromatic carbocycles. The molecule has 5 atom stereocenters. The Morgan fingerprint density at radius 3 is 2.39 bits per heavy atom. The molecule has 2 unspecified atom stereocenters. The van der Waals surface area contributed by atoms with Crippen molar-refractivity contribution in [3.8, 4) is 12.1 Å². The third-order valence-corrected chi connectivity index (χ3v) is 7.52. The molecule has 0 aliphatic carbocycles. The van der Waals surface area contributed by atoms with Crippen LogP contribution < -0.4 is 11.2 Å². The van der Waals surface area contributed by atoms with E-state index in [-0.39, 0.29) is 44.9 Å². The molecule has 13 heteroatoms. The SMILES string of the molecule is CC[C@H]1O[C@@H](n2ccc(=O)[nH]c2=O)C(OCOCCC#N)[C@H]1OP(OCCC#N)N(C(C)C)C(C)C. The molecule has 36 heavy (non-hydrogen) atoms. The average Bonchev–Trinajstić information content (AvgIpc) is 3.15. The van der Waals surface area contributed by atoms with Gasteiger partial charge in [0.2, 0.25) is 0 Å². The number of H-pyrrole nitrogens is 1. The van der Waals surface area contributed by atoms with Gasteiger partial charge in [-0.25, -0.2) is 9.46 Å². The van der Waals surface area contributed by atoms with Crippen LogP contribution in [0.5, 0.6) is 0 Å². The summed E-state index contributed by atoms with van der Waals surface area (Å²) in [5.74, 6) is 0. The summed E-state index contributed by atoms with van der Waals surface area (Å²) in [5, 5.41) is 17.7. The molecule has 2 heterocycles. The summed E-state index contributed by atoms with van der Waals surface area (Å²) in [6.07, 6.45) is -0.450. The Morgan fingerprint density at radius 2 is 1.81 bits per heavy atom. The highest BCUT2D eigenvalue weighted by atomic mass is 31.2. The summed E-state index contributed by atoms with van der Waals surface area (Å²) in [4.78, 5) is 26.4. The van der Waals surface area contributed by atoms with Crippen molar-refractivity contribution < 1.29 is 23.3 Å². The van der Waals surface area contributed by atoms with E-state index in [1.807, 2.05) is 40.7 Å². The molecular formula is C23H36N5O7P. The van der Waals surface area contributed by atoms with Crippen LogP contribution >= 0.6 is 8.53 Å². The molecule has 1 fully saturated rings. The Hall–Kier alpha value is -2.15. The Kier molecular flexibility index (Phi) is 12.7. The maximum atomic E-state index is 12.6. The molecule has 1 aromatic heterocycles. The minimum Gasteiger partial charge on any atom is -0.354 e. The van der Waals surface area contributed by atoms with E-state index in [0.717, 1.165) is 0 Å². The van der Waals surface area contributed by atoms with E-state index in [2.05, 4.69) is 15.7 Å². The summed E-state index contributed by atoms with van der Waals surface area (Å²) in [7, 11) is -1.62. The molecule has 200 valence electrons. The fourth-order valence-electron chi connectivity index (χ4n) is 3.89. The van der Waals surface area contributed by atoms with Crippen molar-refractivity contribution in [2.45, 2.75) is 90.5 Å². The van der Waals surface area contributed by atoms with E-state index < -0.39 is 44.3 Å². The Bertz CT molecular complexity index is 994. The molecule has 0 saturated carbocycles. The van der Waals surface area contributed by atoms with Gasteiger partial charge in [-0.2, -0.15) is 10.5 Å². The van der Waals surface area contributed by atoms with Gasteiger partial charge in [0.25, 0.3) is 14.1 Å². The molecule has 1 aromatic rings. The number of ether oxygens (including phenoxy) is 3. The number of nitrogens with zero attached hydrogens (tertiary/aromatic N) is 4. The highest BCUT2D eigenvalue weighted by Gasteiger charge is 2.49. The first kappa shape index (κ1) is 30.1. The summed E-state index contributed by atoms with van der Waals surface area (Å²) in [6, 6.07) is 5.50. The predicted molar refractivity (Wildman–Crippen MR) is 132 cm³/mol. The van der Waals surface area contributed by atoms with Gasteiger partial charge in [-0.1, -0.05) is 6.92 Å². The van der Waals surface area contributed by atoms with Gasteiger partial charge in [0.1, 0.15) is 19.0 Å². The third-order valence-electron chi connectivity index (χ3n) is 5.39. The van der Waals surface area contributed by atoms with Crippen molar-refractivity contribution in [2.75, 3.05) is 20.0 Å². The number of hydrogen-bond donors (Lipinski definition) is 1. The minimum atomic E-state index is -1.62. The maximum Gasteiger partial charge on any atom is 0.330 e. The molecule has 12 nitrogen and oxygen atoms in total. The molecule has 0 radical (unpaired) electrons. The number of hydrogen-bond acceptors (Lipinski definition) is 10. The highest BCUT2D eigenvalue weighted by Crippen LogP contribution is 2.50. The lowest BCUT2D eigenvalue weighted by atomic mass is 10.1. The standard InChI is InChI=1S/C23H36N5O7P/c1-6-18-20(35-36(33-14-8-11-25)28(16(2)3)17(4)5)21(32-15-31-13-7-10-24)22(34-18)27-12-9-19(29)26-23(27)30/h9,12,16-18,20-22H,6-8,13-15H2,1-5H3,(H,26,29,30)/t18-,20+,21?,22-,36?/m1/s1. The first-order chi connectivity index (χ1) is 17.2. The highest BCUT2D eigenvalue weighted by molar-refractivity contribution is 7.44. The van der Waals surface area contributed by atoms with Gasteiger partial charge in [0.15, 0.2) is 6.23 Å². The second kappa shape index (κ2) is 15.2. The van der Waals surface area contributed by atoms with Crippen LogP contribution in [0.3, 0.4) is 0 Å². The zero-order chi connectivity index (χ0) is 26.7. The number of nitriles is 2. The van der Waals surface area contributed by atoms with E-state index in [4.69, 9.17) is 33.8 Å². The molecule has 0 bridgehead atoms. The number of aromatic nitrogens is 2. The Balaban J connectivity index is 2.40. The second-order valence-electron chi connectivity index (χ2n) is 8.67. The van der Waals surface area contributed by atoms with Gasteiger partial charge in [-0.3, -0.25) is 14.3 Å². The lowest BCUT2D eigenvalue weighted by molar-refractivity contribution is -0.137. The van der Waals surface area contributed by atoms with Gasteiger partial charge in [0.05, 0.1) is 44.3 Å². The fraction of sp³-hybridized carbons (Fsp3) is 0.739. The van der Waals surface area contributed by atoms with Crippen LogP contribution in [0.1, 0.15) is 60.1 Å². The van der Waals surface area contributed by atoms with Gasteiger partial charge in [-0.05, 0) is 34.1 Å².